The number of hydrogen-bond donors (Lipinski definition) is 3. The molecule has 0 saturated carbocycles. The average Bonchev–Trinajstić information content (AvgIpc) is 1.34. The van der Waals surface area contributed by atoms with Gasteiger partial charge in [-0.05, 0) is 101 Å². The molecule has 0 atom stereocenters. The van der Waals surface area contributed by atoms with Crippen LogP contribution in [0.5, 0.6) is 0 Å². The number of isocyanates is 1. The second kappa shape index (κ2) is 83.1. The third-order valence-corrected chi connectivity index (χ3v) is 12.3. The van der Waals surface area contributed by atoms with Crippen molar-refractivity contribution in [3.63, 3.8) is 0 Å². The van der Waals surface area contributed by atoms with E-state index in [0.717, 1.165) is 83.4 Å². The summed E-state index contributed by atoms with van der Waals surface area (Å²) in [5.41, 5.74) is 11.3. The van der Waals surface area contributed by atoms with E-state index >= 15 is 0 Å². The Morgan fingerprint density at radius 2 is 0.823 bits per heavy atom. The van der Waals surface area contributed by atoms with Gasteiger partial charge in [-0.3, -0.25) is 9.59 Å². The van der Waals surface area contributed by atoms with Crippen LogP contribution in [-0.2, 0) is 71.1 Å². The van der Waals surface area contributed by atoms with Gasteiger partial charge in [0.05, 0.1) is 6.54 Å². The summed E-state index contributed by atoms with van der Waals surface area (Å²) >= 11 is 0. The van der Waals surface area contributed by atoms with Gasteiger partial charge in [-0.25, -0.2) is 33.9 Å². The zero-order valence-electron chi connectivity index (χ0n) is 63.3. The summed E-state index contributed by atoms with van der Waals surface area (Å²) in [5.74, 6) is -1.33. The van der Waals surface area contributed by atoms with Gasteiger partial charge in [0.15, 0.2) is 0 Å². The second-order valence-electron chi connectivity index (χ2n) is 18.9. The number of amides is 2. The van der Waals surface area contributed by atoms with Crippen molar-refractivity contribution < 1.29 is 72.8 Å². The summed E-state index contributed by atoms with van der Waals surface area (Å²) < 4.78 is 3.61. The zero-order valence-corrected chi connectivity index (χ0v) is 65.3. The number of nitrogens with one attached hydrogen (secondary N) is 2. The van der Waals surface area contributed by atoms with Gasteiger partial charge in [0, 0.05) is 102 Å². The van der Waals surface area contributed by atoms with Crippen LogP contribution in [0, 0.1) is 0 Å². The topological polar surface area (TPSA) is 206 Å². The van der Waals surface area contributed by atoms with Gasteiger partial charge >= 0.3 is 47.5 Å². The molecular weight excluding hydrogens is 1210 g/mol. The predicted octanol–water partition coefficient (Wildman–Crippen LogP) is 11.4. The smallest absolute Gasteiger partial charge is 0.793 e. The first-order valence-electron chi connectivity index (χ1n) is 33.6. The van der Waals surface area contributed by atoms with E-state index in [2.05, 4.69) is 109 Å². The number of carbonyl (C=O) groups is 5. The molecule has 3 saturated heterocycles. The quantitative estimate of drug-likeness (QED) is 0.0370. The molecule has 5 aromatic rings. The Morgan fingerprint density at radius 3 is 1.14 bits per heavy atom. The third-order valence-electron chi connectivity index (χ3n) is 12.3. The van der Waals surface area contributed by atoms with Gasteiger partial charge in [0.25, 0.3) is 0 Å². The Morgan fingerprint density at radius 1 is 0.510 bits per heavy atom. The number of nitrogens with zero attached hydrogens (tertiary/aromatic N) is 5. The van der Waals surface area contributed by atoms with Crippen LogP contribution in [-0.4, -0.2) is 153 Å². The largest absolute Gasteiger partial charge is 1.00 e. The minimum atomic E-state index is -0.639. The number of nitrogens with two attached hydrogens (primary N) is 1. The van der Waals surface area contributed by atoms with Crippen molar-refractivity contribution >= 4 is 60.7 Å². The Balaban J connectivity index is -0.000000133. The Labute approximate surface area is 611 Å². The number of benzene rings is 5. The first-order chi connectivity index (χ1) is 45.1. The van der Waals surface area contributed by atoms with E-state index in [9.17, 15) is 28.8 Å². The number of Topliss-reactive ketones (excluding diaryl/α,β-unsaturated/α-hetero) is 1. The number of urea groups is 1. The van der Waals surface area contributed by atoms with Crippen molar-refractivity contribution in [2.75, 3.05) is 60.4 Å². The van der Waals surface area contributed by atoms with E-state index in [1.54, 1.807) is 0 Å². The summed E-state index contributed by atoms with van der Waals surface area (Å²) in [7, 11) is 10.7. The minimum absolute atomic E-state index is 0. The van der Waals surface area contributed by atoms with E-state index < -0.39 is 17.9 Å². The van der Waals surface area contributed by atoms with Crippen molar-refractivity contribution in [1.82, 2.24) is 30.2 Å². The molecule has 5 aromatic carbocycles. The summed E-state index contributed by atoms with van der Waals surface area (Å²) in [4.78, 5) is 82.3. The molecule has 3 aliphatic rings. The monoisotopic (exact) mass is 1340 g/mol. The predicted molar refractivity (Wildman–Crippen MR) is 401 cm³/mol. The van der Waals surface area contributed by atoms with Gasteiger partial charge in [-0.2, -0.15) is 0 Å². The molecule has 3 fully saturated rings. The molecule has 8 rings (SSSR count). The van der Waals surface area contributed by atoms with Crippen LogP contribution in [0.3, 0.4) is 0 Å². The number of likely N-dealkylation sites (tertiary alicyclic amines) is 3. The fourth-order valence-electron chi connectivity index (χ4n) is 7.71. The second-order valence-corrected chi connectivity index (χ2v) is 18.9. The fraction of sp³-hybridized carbons (Fsp3) is 0.520. The molecule has 529 valence electrons. The molecule has 0 unspecified atom stereocenters. The molecule has 17 nitrogen and oxygen atoms in total. The first kappa shape index (κ1) is 108. The van der Waals surface area contributed by atoms with Gasteiger partial charge in [0.2, 0.25) is 12.0 Å². The van der Waals surface area contributed by atoms with Crippen LogP contribution in [0.25, 0.3) is 0 Å². The van der Waals surface area contributed by atoms with Gasteiger partial charge in [-0.15, -0.1) is 0 Å². The maximum Gasteiger partial charge on any atom is 1.00 e. The molecule has 3 heterocycles. The molecule has 0 bridgehead atoms. The van der Waals surface area contributed by atoms with Crippen LogP contribution < -0.4 is 45.9 Å². The minimum Gasteiger partial charge on any atom is -0.793 e. The molecule has 3 aliphatic heterocycles. The summed E-state index contributed by atoms with van der Waals surface area (Å²) in [5, 5.41) is 6.73. The third kappa shape index (κ3) is 67.8. The van der Waals surface area contributed by atoms with Crippen molar-refractivity contribution in [2.45, 2.75) is 201 Å². The van der Waals surface area contributed by atoms with E-state index in [1.807, 2.05) is 218 Å². The molecule has 2 amide bonds. The Hall–Kier alpha value is -6.18. The number of carbonyl (C=O) groups excluding carboxylic acids is 6. The molecule has 0 spiro atoms. The van der Waals surface area contributed by atoms with Crippen molar-refractivity contribution in [3.8, 4) is 0 Å². The van der Waals surface area contributed by atoms with Gasteiger partial charge in [0.1, 0.15) is 5.78 Å². The van der Waals surface area contributed by atoms with Crippen LogP contribution in [0.15, 0.2) is 157 Å². The molecular formula is C75H125B3N8NaO9. The van der Waals surface area contributed by atoms with Gasteiger partial charge in [-0.1, -0.05) is 249 Å². The Bertz CT molecular complexity index is 2440. The van der Waals surface area contributed by atoms with Crippen molar-refractivity contribution in [3.05, 3.63) is 179 Å². The van der Waals surface area contributed by atoms with E-state index in [1.165, 1.54) is 55.6 Å². The SMILES string of the molecule is CC.CC.CC.CC.CC.CC.CC.CC(=O)OOC(C)=O.CN1CCC(=O)CC1.CN1CCC(N(Cc2ccccc2)C(=O)NCc2ccccc2)CC1.CN1CCC(NCc2ccccc2)CC1.NCc1ccccc1.O=C=NCc1ccccc1.[B-]OC(C)=O.[B].[B].[Na+]. The molecule has 96 heavy (non-hydrogen) atoms. The molecule has 21 heteroatoms. The summed E-state index contributed by atoms with van der Waals surface area (Å²) in [6, 6.07) is 51.6. The van der Waals surface area contributed by atoms with Crippen LogP contribution >= 0.6 is 0 Å². The number of piperidine rings is 3. The van der Waals surface area contributed by atoms with Crippen LogP contribution in [0.1, 0.15) is 184 Å². The molecule has 4 N–H and O–H groups in total. The molecule has 9 radical (unpaired) electrons. The number of rotatable bonds is 11. The van der Waals surface area contributed by atoms with E-state index in [0.29, 0.717) is 44.0 Å². The van der Waals surface area contributed by atoms with Gasteiger partial charge < -0.3 is 48.7 Å². The van der Waals surface area contributed by atoms with Crippen LogP contribution in [0.2, 0.25) is 0 Å². The normalized spacial score (nSPS) is 12.2. The summed E-state index contributed by atoms with van der Waals surface area (Å²) in [6.45, 7) is 41.3. The standard InChI is InChI=1S/C21H27N3O.C13H20N2.C8H7NO.C7H9N.C6H11NO.C4H6O4.C2H3BO2.7C2H6.2B.Na/c1-23-14-12-20(13-15-23)24(17-19-10-6-3-7-11-19)21(25)22-16-18-8-4-2-5-9-18;1-15-9-7-13(8-10-15)14-11-12-5-3-2-4-6-12;10-7-9-6-8-4-2-1-3-5-8;8-6-7-4-2-1-3-5-7;1-7-4-2-6(8)3-5-7;1-3(5)7-8-4(2)6;1-2(4)5-3;7*1-2;;;/h2-11,20H,12-17H2,1H3,(H,22,25);2-6,13-14H,7-11H2,1H3;1-5H,6H2;1-5H,6,8H2;2-5H2,1H3;1-2H3;1H3;7*1-2H3;;;/q;;;;;;-1;;;;;;;;;;+1. The number of hydrogen-bond acceptors (Lipinski definition) is 15. The van der Waals surface area contributed by atoms with E-state index in [4.69, 9.17) is 5.73 Å². The number of ketones is 1. The van der Waals surface area contributed by atoms with Crippen molar-refractivity contribution in [1.29, 1.82) is 0 Å². The summed E-state index contributed by atoms with van der Waals surface area (Å²) in [6.07, 6.45) is 7.63. The molecule has 0 aromatic heterocycles. The van der Waals surface area contributed by atoms with Crippen LogP contribution in [0.4, 0.5) is 4.79 Å². The fourth-order valence-corrected chi connectivity index (χ4v) is 7.71. The van der Waals surface area contributed by atoms with E-state index in [-0.39, 0.29) is 52.4 Å². The Kier molecular flexibility index (Phi) is 93.9. The average molecular weight is 1340 g/mol. The maximum atomic E-state index is 12.9. The zero-order chi connectivity index (χ0) is 71.9. The first-order valence-corrected chi connectivity index (χ1v) is 33.6. The molecule has 0 aliphatic carbocycles. The van der Waals surface area contributed by atoms with Crippen molar-refractivity contribution in [2.24, 2.45) is 10.7 Å². The number of aliphatic imine (C=N–C) groups is 1. The maximum absolute atomic E-state index is 12.9.